The summed E-state index contributed by atoms with van der Waals surface area (Å²) >= 11 is 0. The molecule has 23 heavy (non-hydrogen) atoms. The Balaban J connectivity index is 1.50. The van der Waals surface area contributed by atoms with Gasteiger partial charge in [0.1, 0.15) is 5.82 Å². The first-order valence-corrected chi connectivity index (χ1v) is 8.15. The standard InChI is InChI=1S/C17H19N3O3/c21-16(11-5-6-12(11)17(22)23)18-10-4-7-13-14(8-10)20-15(19-13)9-2-1-3-9/h4,7-9,11-12H,1-3,5-6H2,(H,18,21)(H,19,20)(H,22,23). The summed E-state index contributed by atoms with van der Waals surface area (Å²) < 4.78 is 0. The van der Waals surface area contributed by atoms with Crippen LogP contribution in [-0.4, -0.2) is 27.0 Å². The largest absolute Gasteiger partial charge is 0.481 e. The second kappa shape index (κ2) is 5.37. The van der Waals surface area contributed by atoms with Crippen LogP contribution in [-0.2, 0) is 9.59 Å². The molecule has 0 radical (unpaired) electrons. The van der Waals surface area contributed by atoms with Gasteiger partial charge in [-0.3, -0.25) is 9.59 Å². The van der Waals surface area contributed by atoms with E-state index in [9.17, 15) is 9.59 Å². The van der Waals surface area contributed by atoms with E-state index >= 15 is 0 Å². The summed E-state index contributed by atoms with van der Waals surface area (Å²) in [5.41, 5.74) is 2.49. The summed E-state index contributed by atoms with van der Waals surface area (Å²) in [6.07, 6.45) is 4.84. The number of carboxylic acids is 1. The van der Waals surface area contributed by atoms with Gasteiger partial charge in [0.15, 0.2) is 0 Å². The van der Waals surface area contributed by atoms with Crippen molar-refractivity contribution in [2.24, 2.45) is 11.8 Å². The van der Waals surface area contributed by atoms with E-state index < -0.39 is 17.8 Å². The first kappa shape index (κ1) is 14.2. The van der Waals surface area contributed by atoms with Gasteiger partial charge in [0, 0.05) is 11.6 Å². The first-order chi connectivity index (χ1) is 11.1. The van der Waals surface area contributed by atoms with Crippen molar-refractivity contribution in [1.82, 2.24) is 9.97 Å². The zero-order chi connectivity index (χ0) is 16.0. The molecule has 1 aromatic heterocycles. The van der Waals surface area contributed by atoms with E-state index in [0.717, 1.165) is 16.9 Å². The number of benzene rings is 1. The normalized spacial score (nSPS) is 24.0. The Morgan fingerprint density at radius 3 is 2.57 bits per heavy atom. The highest BCUT2D eigenvalue weighted by molar-refractivity contribution is 5.97. The number of amides is 1. The lowest BCUT2D eigenvalue weighted by Gasteiger charge is -2.31. The maximum atomic E-state index is 12.2. The summed E-state index contributed by atoms with van der Waals surface area (Å²) in [5, 5.41) is 11.9. The molecule has 2 atom stereocenters. The number of aromatic amines is 1. The van der Waals surface area contributed by atoms with Gasteiger partial charge >= 0.3 is 5.97 Å². The monoisotopic (exact) mass is 313 g/mol. The fraction of sp³-hybridized carbons (Fsp3) is 0.471. The van der Waals surface area contributed by atoms with Gasteiger partial charge in [0.2, 0.25) is 5.91 Å². The van der Waals surface area contributed by atoms with Crippen LogP contribution < -0.4 is 5.32 Å². The molecule has 1 heterocycles. The molecule has 2 fully saturated rings. The second-order valence-electron chi connectivity index (χ2n) is 6.60. The molecular weight excluding hydrogens is 294 g/mol. The Morgan fingerprint density at radius 1 is 1.17 bits per heavy atom. The van der Waals surface area contributed by atoms with Gasteiger partial charge < -0.3 is 15.4 Å². The van der Waals surface area contributed by atoms with Crippen molar-refractivity contribution in [3.63, 3.8) is 0 Å². The summed E-state index contributed by atoms with van der Waals surface area (Å²) in [6.45, 7) is 0. The van der Waals surface area contributed by atoms with E-state index in [-0.39, 0.29) is 5.91 Å². The molecule has 0 spiro atoms. The molecule has 2 aliphatic carbocycles. The van der Waals surface area contributed by atoms with E-state index in [1.807, 2.05) is 18.2 Å². The van der Waals surface area contributed by atoms with E-state index in [1.165, 1.54) is 19.3 Å². The van der Waals surface area contributed by atoms with Crippen LogP contribution in [0.1, 0.15) is 43.8 Å². The van der Waals surface area contributed by atoms with Crippen molar-refractivity contribution in [3.05, 3.63) is 24.0 Å². The average molecular weight is 313 g/mol. The van der Waals surface area contributed by atoms with Crippen LogP contribution >= 0.6 is 0 Å². The lowest BCUT2D eigenvalue weighted by atomic mass is 9.73. The number of rotatable bonds is 4. The van der Waals surface area contributed by atoms with Crippen molar-refractivity contribution in [2.75, 3.05) is 5.32 Å². The van der Waals surface area contributed by atoms with E-state index in [1.54, 1.807) is 0 Å². The number of hydrogen-bond acceptors (Lipinski definition) is 3. The van der Waals surface area contributed by atoms with Gasteiger partial charge in [-0.05, 0) is 43.9 Å². The highest BCUT2D eigenvalue weighted by Crippen LogP contribution is 2.37. The van der Waals surface area contributed by atoms with Crippen molar-refractivity contribution in [2.45, 2.75) is 38.0 Å². The van der Waals surface area contributed by atoms with Crippen LogP contribution in [0.4, 0.5) is 5.69 Å². The highest BCUT2D eigenvalue weighted by atomic mass is 16.4. The highest BCUT2D eigenvalue weighted by Gasteiger charge is 2.41. The van der Waals surface area contributed by atoms with Crippen molar-refractivity contribution in [1.29, 1.82) is 0 Å². The average Bonchev–Trinajstić information content (AvgIpc) is 2.76. The smallest absolute Gasteiger partial charge is 0.307 e. The summed E-state index contributed by atoms with van der Waals surface area (Å²) in [7, 11) is 0. The SMILES string of the molecule is O=C(O)C1CCC1C(=O)Nc1ccc2nc(C3CCC3)[nH]c2c1. The summed E-state index contributed by atoms with van der Waals surface area (Å²) in [5.74, 6) is -0.495. The predicted octanol–water partition coefficient (Wildman–Crippen LogP) is 2.88. The van der Waals surface area contributed by atoms with Gasteiger partial charge in [-0.25, -0.2) is 4.98 Å². The molecule has 2 unspecified atom stereocenters. The van der Waals surface area contributed by atoms with Gasteiger partial charge in [0.05, 0.1) is 22.9 Å². The quantitative estimate of drug-likeness (QED) is 0.809. The zero-order valence-electron chi connectivity index (χ0n) is 12.7. The molecule has 6 nitrogen and oxygen atoms in total. The maximum absolute atomic E-state index is 12.2. The number of carbonyl (C=O) groups excluding carboxylic acids is 1. The summed E-state index contributed by atoms with van der Waals surface area (Å²) in [4.78, 5) is 31.2. The Bertz CT molecular complexity index is 778. The number of carbonyl (C=O) groups is 2. The second-order valence-corrected chi connectivity index (χ2v) is 6.60. The van der Waals surface area contributed by atoms with Crippen molar-refractivity contribution < 1.29 is 14.7 Å². The number of nitrogens with one attached hydrogen (secondary N) is 2. The van der Waals surface area contributed by atoms with E-state index in [0.29, 0.717) is 24.4 Å². The molecule has 2 aromatic rings. The number of anilines is 1. The van der Waals surface area contributed by atoms with Gasteiger partial charge in [-0.1, -0.05) is 6.42 Å². The van der Waals surface area contributed by atoms with Gasteiger partial charge in [-0.2, -0.15) is 0 Å². The molecule has 1 amide bonds. The molecule has 4 rings (SSSR count). The number of aliphatic carboxylic acids is 1. The van der Waals surface area contributed by atoms with Crippen LogP contribution in [0.25, 0.3) is 11.0 Å². The fourth-order valence-corrected chi connectivity index (χ4v) is 3.33. The molecule has 6 heteroatoms. The van der Waals surface area contributed by atoms with Crippen LogP contribution in [0, 0.1) is 11.8 Å². The maximum Gasteiger partial charge on any atom is 0.307 e. The van der Waals surface area contributed by atoms with Crippen LogP contribution in [0.3, 0.4) is 0 Å². The predicted molar refractivity (Wildman–Crippen MR) is 85.2 cm³/mol. The van der Waals surface area contributed by atoms with E-state index in [4.69, 9.17) is 5.11 Å². The number of fused-ring (bicyclic) bond motifs is 1. The number of aromatic nitrogens is 2. The molecule has 120 valence electrons. The Morgan fingerprint density at radius 2 is 1.96 bits per heavy atom. The fourth-order valence-electron chi connectivity index (χ4n) is 3.33. The molecule has 0 aliphatic heterocycles. The number of hydrogen-bond donors (Lipinski definition) is 3. The molecule has 0 saturated heterocycles. The van der Waals surface area contributed by atoms with Crippen molar-refractivity contribution >= 4 is 28.6 Å². The lowest BCUT2D eigenvalue weighted by Crippen LogP contribution is -2.41. The Labute approximate surface area is 133 Å². The lowest BCUT2D eigenvalue weighted by molar-refractivity contribution is -0.151. The minimum atomic E-state index is -0.884. The number of H-pyrrole nitrogens is 1. The third-order valence-electron chi connectivity index (χ3n) is 5.19. The van der Waals surface area contributed by atoms with E-state index in [2.05, 4.69) is 15.3 Å². The minimum absolute atomic E-state index is 0.207. The Kier molecular flexibility index (Phi) is 3.32. The van der Waals surface area contributed by atoms with Gasteiger partial charge in [-0.15, -0.1) is 0 Å². The number of imidazole rings is 1. The Hall–Kier alpha value is -2.37. The first-order valence-electron chi connectivity index (χ1n) is 8.15. The molecule has 2 aliphatic rings. The van der Waals surface area contributed by atoms with Crippen LogP contribution in [0.15, 0.2) is 18.2 Å². The number of carboxylic acid groups (broad SMARTS) is 1. The third kappa shape index (κ3) is 2.48. The topological polar surface area (TPSA) is 95.1 Å². The molecule has 3 N–H and O–H groups in total. The van der Waals surface area contributed by atoms with Crippen molar-refractivity contribution in [3.8, 4) is 0 Å². The van der Waals surface area contributed by atoms with Crippen LogP contribution in [0.5, 0.6) is 0 Å². The molecule has 0 bridgehead atoms. The number of nitrogens with zero attached hydrogens (tertiary/aromatic N) is 1. The molecule has 1 aromatic carbocycles. The molecule has 2 saturated carbocycles. The third-order valence-corrected chi connectivity index (χ3v) is 5.19. The van der Waals surface area contributed by atoms with Gasteiger partial charge in [0.25, 0.3) is 0 Å². The minimum Gasteiger partial charge on any atom is -0.481 e. The summed E-state index contributed by atoms with van der Waals surface area (Å²) in [6, 6.07) is 5.58. The zero-order valence-corrected chi connectivity index (χ0v) is 12.7. The van der Waals surface area contributed by atoms with Crippen LogP contribution in [0.2, 0.25) is 0 Å². The molecular formula is C17H19N3O3.